The van der Waals surface area contributed by atoms with Gasteiger partial charge in [0, 0.05) is 24.7 Å². The van der Waals surface area contributed by atoms with E-state index in [4.69, 9.17) is 27.9 Å². The zero-order valence-electron chi connectivity index (χ0n) is 14.7. The second-order valence-corrected chi connectivity index (χ2v) is 7.25. The molecule has 1 fully saturated rings. The van der Waals surface area contributed by atoms with Crippen molar-refractivity contribution in [2.75, 3.05) is 32.8 Å². The van der Waals surface area contributed by atoms with Gasteiger partial charge >= 0.3 is 0 Å². The lowest BCUT2D eigenvalue weighted by Crippen LogP contribution is -2.43. The van der Waals surface area contributed by atoms with Gasteiger partial charge in [-0.3, -0.25) is 9.69 Å². The summed E-state index contributed by atoms with van der Waals surface area (Å²) in [6.07, 6.45) is 0. The van der Waals surface area contributed by atoms with Crippen molar-refractivity contribution in [3.63, 3.8) is 0 Å². The molecule has 1 amide bonds. The van der Waals surface area contributed by atoms with Crippen LogP contribution in [0.5, 0.6) is 0 Å². The van der Waals surface area contributed by atoms with E-state index in [-0.39, 0.29) is 11.9 Å². The van der Waals surface area contributed by atoms with E-state index in [0.717, 1.165) is 13.1 Å². The first-order chi connectivity index (χ1) is 12.5. The standard InChI is InChI=1S/C20H22Cl2N2O2/c1-14-2-4-15(5-3-14)19(24-8-10-26-11-9-24)13-23-20(25)17-7-6-16(21)12-18(17)22/h2-7,12,19H,8-11,13H2,1H3,(H,23,25). The molecular formula is C20H22Cl2N2O2. The largest absolute Gasteiger partial charge is 0.379 e. The minimum Gasteiger partial charge on any atom is -0.379 e. The van der Waals surface area contributed by atoms with Crippen LogP contribution in [0, 0.1) is 6.92 Å². The number of morpholine rings is 1. The molecule has 0 bridgehead atoms. The predicted molar refractivity (Wildman–Crippen MR) is 105 cm³/mol. The SMILES string of the molecule is Cc1ccc(C(CNC(=O)c2ccc(Cl)cc2Cl)N2CCOCC2)cc1. The average Bonchev–Trinajstić information content (AvgIpc) is 2.64. The second kappa shape index (κ2) is 8.87. The molecule has 3 rings (SSSR count). The van der Waals surface area contributed by atoms with Gasteiger partial charge in [-0.15, -0.1) is 0 Å². The van der Waals surface area contributed by atoms with Gasteiger partial charge < -0.3 is 10.1 Å². The minimum absolute atomic E-state index is 0.0922. The summed E-state index contributed by atoms with van der Waals surface area (Å²) in [5, 5.41) is 3.89. The molecule has 1 aliphatic rings. The van der Waals surface area contributed by atoms with E-state index < -0.39 is 0 Å². The van der Waals surface area contributed by atoms with E-state index in [0.29, 0.717) is 35.4 Å². The Kier molecular flexibility index (Phi) is 6.54. The van der Waals surface area contributed by atoms with Gasteiger partial charge in [-0.05, 0) is 30.7 Å². The van der Waals surface area contributed by atoms with Crippen LogP contribution in [-0.4, -0.2) is 43.7 Å². The van der Waals surface area contributed by atoms with E-state index in [1.54, 1.807) is 18.2 Å². The molecule has 26 heavy (non-hydrogen) atoms. The summed E-state index contributed by atoms with van der Waals surface area (Å²) in [6, 6.07) is 13.4. The van der Waals surface area contributed by atoms with Gasteiger partial charge in [-0.25, -0.2) is 0 Å². The summed E-state index contributed by atoms with van der Waals surface area (Å²) < 4.78 is 5.47. The van der Waals surface area contributed by atoms with E-state index in [9.17, 15) is 4.79 Å². The van der Waals surface area contributed by atoms with Gasteiger partial charge in [-0.2, -0.15) is 0 Å². The molecule has 2 aromatic rings. The number of rotatable bonds is 5. The highest BCUT2D eigenvalue weighted by molar-refractivity contribution is 6.36. The third-order valence-electron chi connectivity index (χ3n) is 4.58. The van der Waals surface area contributed by atoms with E-state index in [1.807, 2.05) is 0 Å². The van der Waals surface area contributed by atoms with Crippen molar-refractivity contribution in [2.24, 2.45) is 0 Å². The molecule has 0 aliphatic carbocycles. The summed E-state index contributed by atoms with van der Waals surface area (Å²) in [6.45, 7) is 5.67. The van der Waals surface area contributed by atoms with Gasteiger partial charge in [-0.1, -0.05) is 53.0 Å². The van der Waals surface area contributed by atoms with Crippen molar-refractivity contribution in [2.45, 2.75) is 13.0 Å². The number of hydrogen-bond donors (Lipinski definition) is 1. The van der Waals surface area contributed by atoms with E-state index >= 15 is 0 Å². The van der Waals surface area contributed by atoms with Gasteiger partial charge in [0.2, 0.25) is 0 Å². The molecule has 2 aromatic carbocycles. The summed E-state index contributed by atoms with van der Waals surface area (Å²) in [4.78, 5) is 14.9. The van der Waals surface area contributed by atoms with Crippen LogP contribution in [0.3, 0.4) is 0 Å². The van der Waals surface area contributed by atoms with E-state index in [2.05, 4.69) is 41.4 Å². The van der Waals surface area contributed by atoms with Crippen LogP contribution in [0.2, 0.25) is 10.0 Å². The maximum atomic E-state index is 12.6. The van der Waals surface area contributed by atoms with Crippen molar-refractivity contribution in [1.82, 2.24) is 10.2 Å². The highest BCUT2D eigenvalue weighted by Crippen LogP contribution is 2.23. The zero-order valence-corrected chi connectivity index (χ0v) is 16.2. The van der Waals surface area contributed by atoms with Crippen LogP contribution in [0.1, 0.15) is 27.5 Å². The Morgan fingerprint density at radius 2 is 1.85 bits per heavy atom. The fraction of sp³-hybridized carbons (Fsp3) is 0.350. The van der Waals surface area contributed by atoms with Crippen molar-refractivity contribution in [3.8, 4) is 0 Å². The van der Waals surface area contributed by atoms with Crippen molar-refractivity contribution in [1.29, 1.82) is 0 Å². The first kappa shape index (κ1) is 19.2. The molecule has 0 aromatic heterocycles. The quantitative estimate of drug-likeness (QED) is 0.832. The number of ether oxygens (including phenoxy) is 1. The molecule has 1 aliphatic heterocycles. The van der Waals surface area contributed by atoms with E-state index in [1.165, 1.54) is 11.1 Å². The number of nitrogens with zero attached hydrogens (tertiary/aromatic N) is 1. The lowest BCUT2D eigenvalue weighted by atomic mass is 10.0. The number of amides is 1. The van der Waals surface area contributed by atoms with Crippen LogP contribution in [0.4, 0.5) is 0 Å². The molecular weight excluding hydrogens is 371 g/mol. The normalized spacial score (nSPS) is 16.3. The second-order valence-electron chi connectivity index (χ2n) is 6.41. The highest BCUT2D eigenvalue weighted by atomic mass is 35.5. The average molecular weight is 393 g/mol. The zero-order chi connectivity index (χ0) is 18.5. The molecule has 0 radical (unpaired) electrons. The fourth-order valence-electron chi connectivity index (χ4n) is 3.09. The van der Waals surface area contributed by atoms with Crippen LogP contribution in [-0.2, 0) is 4.74 Å². The molecule has 1 N–H and O–H groups in total. The first-order valence-electron chi connectivity index (χ1n) is 8.66. The van der Waals surface area contributed by atoms with Gasteiger partial charge in [0.25, 0.3) is 5.91 Å². The minimum atomic E-state index is -0.197. The number of nitrogens with one attached hydrogen (secondary N) is 1. The molecule has 0 saturated carbocycles. The van der Waals surface area contributed by atoms with Crippen LogP contribution < -0.4 is 5.32 Å². The Morgan fingerprint density at radius 1 is 1.15 bits per heavy atom. The fourth-order valence-corrected chi connectivity index (χ4v) is 3.59. The molecule has 0 spiro atoms. The molecule has 138 valence electrons. The lowest BCUT2D eigenvalue weighted by molar-refractivity contribution is 0.0162. The maximum Gasteiger partial charge on any atom is 0.252 e. The summed E-state index contributed by atoms with van der Waals surface area (Å²) in [7, 11) is 0. The summed E-state index contributed by atoms with van der Waals surface area (Å²) in [5.41, 5.74) is 2.83. The Labute approximate surface area is 164 Å². The van der Waals surface area contributed by atoms with Crippen molar-refractivity contribution in [3.05, 3.63) is 69.2 Å². The number of hydrogen-bond acceptors (Lipinski definition) is 3. The van der Waals surface area contributed by atoms with Crippen molar-refractivity contribution >= 4 is 29.1 Å². The van der Waals surface area contributed by atoms with Crippen LogP contribution >= 0.6 is 23.2 Å². The summed E-state index contributed by atoms with van der Waals surface area (Å²) >= 11 is 12.1. The van der Waals surface area contributed by atoms with Crippen LogP contribution in [0.15, 0.2) is 42.5 Å². The molecule has 4 nitrogen and oxygen atoms in total. The molecule has 1 heterocycles. The Balaban J connectivity index is 1.74. The Bertz CT molecular complexity index is 759. The topological polar surface area (TPSA) is 41.6 Å². The number of halogens is 2. The smallest absolute Gasteiger partial charge is 0.252 e. The van der Waals surface area contributed by atoms with Gasteiger partial charge in [0.05, 0.1) is 29.8 Å². The first-order valence-corrected chi connectivity index (χ1v) is 9.42. The predicted octanol–water partition coefficient (Wildman–Crippen LogP) is 4.11. The Morgan fingerprint density at radius 3 is 2.50 bits per heavy atom. The van der Waals surface area contributed by atoms with Gasteiger partial charge in [0.1, 0.15) is 0 Å². The van der Waals surface area contributed by atoms with Crippen molar-refractivity contribution < 1.29 is 9.53 Å². The lowest BCUT2D eigenvalue weighted by Gasteiger charge is -2.35. The number of aryl methyl sites for hydroxylation is 1. The summed E-state index contributed by atoms with van der Waals surface area (Å²) in [5.74, 6) is -0.197. The molecule has 6 heteroatoms. The molecule has 1 unspecified atom stereocenters. The van der Waals surface area contributed by atoms with Gasteiger partial charge in [0.15, 0.2) is 0 Å². The highest BCUT2D eigenvalue weighted by Gasteiger charge is 2.23. The molecule has 1 atom stereocenters. The van der Waals surface area contributed by atoms with Crippen LogP contribution in [0.25, 0.3) is 0 Å². The molecule has 1 saturated heterocycles. The number of carbonyl (C=O) groups excluding carboxylic acids is 1. The maximum absolute atomic E-state index is 12.6. The monoisotopic (exact) mass is 392 g/mol. The third-order valence-corrected chi connectivity index (χ3v) is 5.13. The Hall–Kier alpha value is -1.59. The third kappa shape index (κ3) is 4.77. The number of benzene rings is 2. The number of carbonyl (C=O) groups is 1.